The van der Waals surface area contributed by atoms with Crippen LogP contribution >= 0.6 is 7.82 Å². The lowest BCUT2D eigenvalue weighted by molar-refractivity contribution is -0.870. The van der Waals surface area contributed by atoms with E-state index in [1.165, 1.54) is 244 Å². The Morgan fingerprint density at radius 3 is 1.05 bits per heavy atom. The number of quaternary nitrogens is 1. The molecule has 0 fully saturated rings. The number of carbonyl (C=O) groups is 2. The molecule has 0 saturated heterocycles. The van der Waals surface area contributed by atoms with Gasteiger partial charge in [0.25, 0.3) is 7.82 Å². The number of unbranched alkanes of at least 4 members (excludes halogenated alkanes) is 41. The number of hydrogen-bond acceptors (Lipinski definition) is 8. The number of ether oxygens (including phenoxy) is 2. The van der Waals surface area contributed by atoms with Crippen LogP contribution in [0.25, 0.3) is 0 Å². The average Bonchev–Trinajstić information content (AvgIpc) is 3.38. The number of esters is 2. The third-order valence-corrected chi connectivity index (χ3v) is 15.6. The summed E-state index contributed by atoms with van der Waals surface area (Å²) in [5.74, 6) is -0.814. The third-order valence-electron chi connectivity index (χ3n) is 14.7. The molecule has 0 aromatic rings. The van der Waals surface area contributed by atoms with Crippen molar-refractivity contribution in [2.75, 3.05) is 47.5 Å². The van der Waals surface area contributed by atoms with Crippen molar-refractivity contribution in [3.05, 3.63) is 36.5 Å². The number of likely N-dealkylation sites (N-methyl/N-ethyl adjacent to an activating group) is 1. The molecule has 448 valence electrons. The topological polar surface area (TPSA) is 111 Å². The summed E-state index contributed by atoms with van der Waals surface area (Å²) in [6, 6.07) is 0. The van der Waals surface area contributed by atoms with Gasteiger partial charge in [-0.1, -0.05) is 294 Å². The van der Waals surface area contributed by atoms with E-state index in [2.05, 4.69) is 50.3 Å². The Kier molecular flexibility index (Phi) is 56.6. The first-order valence-corrected chi connectivity index (χ1v) is 34.2. The lowest BCUT2D eigenvalue weighted by atomic mass is 10.0. The van der Waals surface area contributed by atoms with E-state index in [0.29, 0.717) is 17.4 Å². The molecule has 0 saturated carbocycles. The maximum Gasteiger partial charge on any atom is 0.306 e. The van der Waals surface area contributed by atoms with E-state index < -0.39 is 26.5 Å². The lowest BCUT2D eigenvalue weighted by Crippen LogP contribution is -2.37. The molecule has 76 heavy (non-hydrogen) atoms. The van der Waals surface area contributed by atoms with Crippen molar-refractivity contribution in [3.63, 3.8) is 0 Å². The highest BCUT2D eigenvalue weighted by molar-refractivity contribution is 7.45. The number of rotatable bonds is 61. The molecule has 0 radical (unpaired) electrons. The Balaban J connectivity index is 3.92. The molecule has 0 bridgehead atoms. The average molecular weight is 1090 g/mol. The maximum atomic E-state index is 12.8. The van der Waals surface area contributed by atoms with Crippen LogP contribution in [0.15, 0.2) is 36.5 Å². The van der Waals surface area contributed by atoms with Gasteiger partial charge in [0, 0.05) is 12.8 Å². The predicted molar refractivity (Wildman–Crippen MR) is 324 cm³/mol. The molecule has 0 aromatic heterocycles. The molecule has 0 aromatic carbocycles. The molecule has 0 amide bonds. The zero-order chi connectivity index (χ0) is 55.6. The van der Waals surface area contributed by atoms with Crippen LogP contribution in [0.2, 0.25) is 0 Å². The second kappa shape index (κ2) is 57.9. The summed E-state index contributed by atoms with van der Waals surface area (Å²) in [7, 11) is 1.18. The highest BCUT2D eigenvalue weighted by Crippen LogP contribution is 2.38. The summed E-state index contributed by atoms with van der Waals surface area (Å²) in [4.78, 5) is 37.9. The summed E-state index contributed by atoms with van der Waals surface area (Å²) in [5, 5.41) is 0. The first-order valence-electron chi connectivity index (χ1n) is 32.7. The summed E-state index contributed by atoms with van der Waals surface area (Å²) in [5.41, 5.74) is 0. The Morgan fingerprint density at radius 2 is 0.711 bits per heavy atom. The fourth-order valence-corrected chi connectivity index (χ4v) is 10.3. The number of nitrogens with zero attached hydrogens (tertiary/aromatic N) is 1. The van der Waals surface area contributed by atoms with Crippen molar-refractivity contribution >= 4 is 19.8 Å². The largest absolute Gasteiger partial charge is 0.756 e. The van der Waals surface area contributed by atoms with Gasteiger partial charge < -0.3 is 27.9 Å². The number of phosphoric acid groups is 1. The van der Waals surface area contributed by atoms with E-state index in [-0.39, 0.29) is 32.0 Å². The quantitative estimate of drug-likeness (QED) is 0.0195. The number of carbonyl (C=O) groups excluding carboxylic acids is 2. The van der Waals surface area contributed by atoms with Gasteiger partial charge in [-0.25, -0.2) is 0 Å². The molecule has 2 atom stereocenters. The lowest BCUT2D eigenvalue weighted by Gasteiger charge is -2.28. The highest BCUT2D eigenvalue weighted by atomic mass is 31.2. The first-order chi connectivity index (χ1) is 37.0. The predicted octanol–water partition coefficient (Wildman–Crippen LogP) is 20.1. The first kappa shape index (κ1) is 74.2. The molecule has 2 unspecified atom stereocenters. The van der Waals surface area contributed by atoms with Crippen LogP contribution < -0.4 is 4.89 Å². The number of allylic oxidation sites excluding steroid dienone is 6. The van der Waals surface area contributed by atoms with Crippen LogP contribution in [-0.2, 0) is 32.7 Å². The number of hydrogen-bond donors (Lipinski definition) is 0. The van der Waals surface area contributed by atoms with Crippen LogP contribution in [0, 0.1) is 0 Å². The van der Waals surface area contributed by atoms with Crippen LogP contribution in [-0.4, -0.2) is 70.0 Å². The molecular weight excluding hydrogens is 966 g/mol. The van der Waals surface area contributed by atoms with Crippen molar-refractivity contribution in [2.45, 2.75) is 328 Å². The Morgan fingerprint density at radius 1 is 0.408 bits per heavy atom. The second-order valence-corrected chi connectivity index (χ2v) is 24.9. The van der Waals surface area contributed by atoms with Crippen LogP contribution in [0.5, 0.6) is 0 Å². The molecule has 0 aliphatic carbocycles. The van der Waals surface area contributed by atoms with E-state index in [1.807, 2.05) is 21.1 Å². The zero-order valence-corrected chi connectivity index (χ0v) is 51.9. The van der Waals surface area contributed by atoms with Crippen LogP contribution in [0.4, 0.5) is 0 Å². The SMILES string of the molecule is CCCCCCC/C=C\C/C=C\C/C=C\CCCCCCCCCCCCCCCCCCCCCCCCC(=O)OC(COC(=O)CCCCCCCCCCCCCCCCC)COP(=O)([O-])OCC[N+](C)(C)C. The normalized spacial score (nSPS) is 13.4. The van der Waals surface area contributed by atoms with Crippen molar-refractivity contribution in [1.82, 2.24) is 0 Å². The van der Waals surface area contributed by atoms with Gasteiger partial charge >= 0.3 is 11.9 Å². The molecule has 0 spiro atoms. The van der Waals surface area contributed by atoms with Crippen molar-refractivity contribution in [2.24, 2.45) is 0 Å². The van der Waals surface area contributed by atoms with Gasteiger partial charge in [0.15, 0.2) is 6.10 Å². The van der Waals surface area contributed by atoms with E-state index in [9.17, 15) is 19.0 Å². The highest BCUT2D eigenvalue weighted by Gasteiger charge is 2.22. The van der Waals surface area contributed by atoms with Crippen molar-refractivity contribution < 1.29 is 42.1 Å². The van der Waals surface area contributed by atoms with Gasteiger partial charge in [-0.05, 0) is 51.4 Å². The molecule has 9 nitrogen and oxygen atoms in total. The molecule has 0 rings (SSSR count). The minimum absolute atomic E-state index is 0.0273. The minimum Gasteiger partial charge on any atom is -0.756 e. The summed E-state index contributed by atoms with van der Waals surface area (Å²) >= 11 is 0. The van der Waals surface area contributed by atoms with Crippen LogP contribution in [0.3, 0.4) is 0 Å². The standard InChI is InChI=1S/C66H126NO8P/c1-6-8-10-12-14-16-18-20-22-23-24-25-26-27-28-29-30-31-32-33-34-35-36-37-38-39-40-41-42-43-45-47-49-51-53-55-57-59-66(69)75-64(63-74-76(70,71)73-61-60-67(3,4)5)62-72-65(68)58-56-54-52-50-48-46-44-21-19-17-15-13-11-9-7-2/h18,20,23-24,26-27,64H,6-17,19,21-22,25,28-63H2,1-5H3/b20-18-,24-23-,27-26-. The third kappa shape index (κ3) is 61.4. The van der Waals surface area contributed by atoms with Gasteiger partial charge in [0.05, 0.1) is 27.7 Å². The molecular formula is C66H126NO8P. The van der Waals surface area contributed by atoms with Gasteiger partial charge in [-0.2, -0.15) is 0 Å². The molecule has 10 heteroatoms. The Bertz CT molecular complexity index is 1380. The second-order valence-electron chi connectivity index (χ2n) is 23.5. The van der Waals surface area contributed by atoms with Crippen molar-refractivity contribution in [1.29, 1.82) is 0 Å². The van der Waals surface area contributed by atoms with E-state index in [1.54, 1.807) is 0 Å². The van der Waals surface area contributed by atoms with Gasteiger partial charge in [0.2, 0.25) is 0 Å². The monoisotopic (exact) mass is 1090 g/mol. The molecule has 0 aliphatic rings. The van der Waals surface area contributed by atoms with Crippen LogP contribution in [0.1, 0.15) is 322 Å². The van der Waals surface area contributed by atoms with Gasteiger partial charge in [0.1, 0.15) is 19.8 Å². The molecule has 0 aliphatic heterocycles. The van der Waals surface area contributed by atoms with Crippen molar-refractivity contribution in [3.8, 4) is 0 Å². The summed E-state index contributed by atoms with van der Waals surface area (Å²) < 4.78 is 34.2. The Hall–Kier alpha value is -1.77. The fraction of sp³-hybridized carbons (Fsp3) is 0.879. The minimum atomic E-state index is -4.63. The number of phosphoric ester groups is 1. The van der Waals surface area contributed by atoms with E-state index in [4.69, 9.17) is 18.5 Å². The Labute approximate surface area is 471 Å². The van der Waals surface area contributed by atoms with Gasteiger partial charge in [-0.15, -0.1) is 0 Å². The fourth-order valence-electron chi connectivity index (χ4n) is 9.61. The smallest absolute Gasteiger partial charge is 0.306 e. The van der Waals surface area contributed by atoms with Gasteiger partial charge in [-0.3, -0.25) is 14.2 Å². The zero-order valence-electron chi connectivity index (χ0n) is 51.0. The molecule has 0 N–H and O–H groups in total. The molecule has 0 heterocycles. The van der Waals surface area contributed by atoms with E-state index in [0.717, 1.165) is 44.9 Å². The maximum absolute atomic E-state index is 12.8. The summed E-state index contributed by atoms with van der Waals surface area (Å²) in [6.07, 6.45) is 72.2. The van der Waals surface area contributed by atoms with E-state index >= 15 is 0 Å². The summed E-state index contributed by atoms with van der Waals surface area (Å²) in [6.45, 7) is 4.28.